The van der Waals surface area contributed by atoms with Crippen LogP contribution < -0.4 is 5.32 Å². The quantitative estimate of drug-likeness (QED) is 0.837. The Morgan fingerprint density at radius 2 is 1.76 bits per heavy atom. The van der Waals surface area contributed by atoms with E-state index in [0.29, 0.717) is 12.0 Å². The van der Waals surface area contributed by atoms with Crippen molar-refractivity contribution in [3.05, 3.63) is 11.4 Å². The van der Waals surface area contributed by atoms with Gasteiger partial charge in [0.1, 0.15) is 0 Å². The van der Waals surface area contributed by atoms with Gasteiger partial charge in [0.25, 0.3) is 0 Å². The fraction of sp³-hybridized carbons (Fsp3) is 0.812. The molecule has 1 aliphatic heterocycles. The summed E-state index contributed by atoms with van der Waals surface area (Å²) in [6.45, 7) is 10.1. The van der Waals surface area contributed by atoms with Crippen LogP contribution in [0.3, 0.4) is 0 Å². The highest BCUT2D eigenvalue weighted by molar-refractivity contribution is 5.27. The Balaban J connectivity index is 1.86. The van der Waals surface area contributed by atoms with Gasteiger partial charge in [-0.15, -0.1) is 5.10 Å². The minimum absolute atomic E-state index is 0.488. The molecule has 0 aromatic carbocycles. The molecule has 0 unspecified atom stereocenters. The summed E-state index contributed by atoms with van der Waals surface area (Å²) >= 11 is 0. The van der Waals surface area contributed by atoms with Crippen LogP contribution in [0, 0.1) is 0 Å². The van der Waals surface area contributed by atoms with Crippen LogP contribution in [0.15, 0.2) is 0 Å². The number of hydrogen-bond acceptors (Lipinski definition) is 5. The van der Waals surface area contributed by atoms with Gasteiger partial charge in [-0.2, -0.15) is 5.10 Å². The van der Waals surface area contributed by atoms with E-state index in [1.807, 2.05) is 0 Å². The summed E-state index contributed by atoms with van der Waals surface area (Å²) in [5.41, 5.74) is 2.10. The van der Waals surface area contributed by atoms with Crippen LogP contribution in [-0.2, 0) is 12.8 Å². The molecule has 21 heavy (non-hydrogen) atoms. The lowest BCUT2D eigenvalue weighted by molar-refractivity contribution is 0.216. The van der Waals surface area contributed by atoms with Gasteiger partial charge in [0.15, 0.2) is 0 Å². The van der Waals surface area contributed by atoms with E-state index < -0.39 is 0 Å². The summed E-state index contributed by atoms with van der Waals surface area (Å²) in [6, 6.07) is 0.488. The second kappa shape index (κ2) is 8.27. The van der Waals surface area contributed by atoms with Crippen molar-refractivity contribution in [3.63, 3.8) is 0 Å². The Hall–Kier alpha value is -1.23. The number of hydrogen-bond donors (Lipinski definition) is 1. The summed E-state index contributed by atoms with van der Waals surface area (Å²) in [4.78, 5) is 7.19. The Bertz CT molecular complexity index is 427. The third-order valence-corrected chi connectivity index (χ3v) is 4.26. The number of nitrogens with one attached hydrogen (secondary N) is 1. The van der Waals surface area contributed by atoms with Crippen LogP contribution in [0.1, 0.15) is 57.8 Å². The molecular weight excluding hydrogens is 262 g/mol. The Labute approximate surface area is 128 Å². The van der Waals surface area contributed by atoms with Crippen molar-refractivity contribution in [1.82, 2.24) is 20.1 Å². The van der Waals surface area contributed by atoms with Gasteiger partial charge in [0.2, 0.25) is 5.95 Å². The number of piperidine rings is 1. The molecule has 5 nitrogen and oxygen atoms in total. The van der Waals surface area contributed by atoms with Gasteiger partial charge in [-0.05, 0) is 38.6 Å². The van der Waals surface area contributed by atoms with Gasteiger partial charge >= 0.3 is 0 Å². The van der Waals surface area contributed by atoms with E-state index in [1.54, 1.807) is 0 Å². The van der Waals surface area contributed by atoms with Crippen molar-refractivity contribution in [2.45, 2.75) is 65.3 Å². The Morgan fingerprint density at radius 3 is 2.38 bits per heavy atom. The van der Waals surface area contributed by atoms with E-state index in [2.05, 4.69) is 46.2 Å². The second-order valence-corrected chi connectivity index (χ2v) is 5.85. The number of likely N-dealkylation sites (tertiary alicyclic amines) is 1. The van der Waals surface area contributed by atoms with Gasteiger partial charge < -0.3 is 10.2 Å². The average molecular weight is 291 g/mol. The molecule has 1 aliphatic rings. The van der Waals surface area contributed by atoms with Crippen LogP contribution in [0.4, 0.5) is 5.95 Å². The van der Waals surface area contributed by atoms with E-state index in [9.17, 15) is 0 Å². The van der Waals surface area contributed by atoms with Crippen molar-refractivity contribution < 1.29 is 0 Å². The second-order valence-electron chi connectivity index (χ2n) is 5.85. The molecule has 1 N–H and O–H groups in total. The zero-order valence-corrected chi connectivity index (χ0v) is 13.7. The predicted octanol–water partition coefficient (Wildman–Crippen LogP) is 2.67. The minimum Gasteiger partial charge on any atom is -0.350 e. The highest BCUT2D eigenvalue weighted by Crippen LogP contribution is 2.15. The van der Waals surface area contributed by atoms with Crippen molar-refractivity contribution in [3.8, 4) is 0 Å². The molecule has 2 heterocycles. The molecule has 0 atom stereocenters. The van der Waals surface area contributed by atoms with Crippen molar-refractivity contribution in [2.75, 3.05) is 25.0 Å². The lowest BCUT2D eigenvalue weighted by Gasteiger charge is -2.32. The van der Waals surface area contributed by atoms with E-state index >= 15 is 0 Å². The maximum absolute atomic E-state index is 4.63. The van der Waals surface area contributed by atoms with E-state index in [-0.39, 0.29) is 0 Å². The molecule has 5 heteroatoms. The fourth-order valence-electron chi connectivity index (χ4n) is 2.86. The first-order valence-corrected chi connectivity index (χ1v) is 8.48. The third kappa shape index (κ3) is 4.63. The standard InChI is InChI=1S/C16H29N5/c1-4-7-10-21-11-8-13(9-12-21)17-16-18-14(5-2)15(6-3)19-20-16/h13H,4-12H2,1-3H3,(H,17,18,20). The predicted molar refractivity (Wildman–Crippen MR) is 86.6 cm³/mol. The van der Waals surface area contributed by atoms with Gasteiger partial charge in [-0.25, -0.2) is 4.98 Å². The molecule has 0 radical (unpaired) electrons. The number of anilines is 1. The zero-order valence-electron chi connectivity index (χ0n) is 13.7. The van der Waals surface area contributed by atoms with Crippen LogP contribution in [-0.4, -0.2) is 45.8 Å². The maximum atomic E-state index is 4.63. The van der Waals surface area contributed by atoms with E-state index in [4.69, 9.17) is 0 Å². The summed E-state index contributed by atoms with van der Waals surface area (Å²) < 4.78 is 0. The minimum atomic E-state index is 0.488. The van der Waals surface area contributed by atoms with E-state index in [0.717, 1.165) is 24.2 Å². The Morgan fingerprint density at radius 1 is 1.05 bits per heavy atom. The first-order valence-electron chi connectivity index (χ1n) is 8.48. The van der Waals surface area contributed by atoms with E-state index in [1.165, 1.54) is 45.3 Å². The van der Waals surface area contributed by atoms with Crippen molar-refractivity contribution in [2.24, 2.45) is 0 Å². The molecule has 0 bridgehead atoms. The van der Waals surface area contributed by atoms with Gasteiger partial charge in [-0.3, -0.25) is 0 Å². The molecule has 1 aromatic rings. The van der Waals surface area contributed by atoms with Crippen molar-refractivity contribution in [1.29, 1.82) is 0 Å². The monoisotopic (exact) mass is 291 g/mol. The highest BCUT2D eigenvalue weighted by Gasteiger charge is 2.19. The summed E-state index contributed by atoms with van der Waals surface area (Å²) in [6.07, 6.45) is 6.75. The summed E-state index contributed by atoms with van der Waals surface area (Å²) in [7, 11) is 0. The van der Waals surface area contributed by atoms with Crippen LogP contribution in [0.25, 0.3) is 0 Å². The van der Waals surface area contributed by atoms with Gasteiger partial charge in [0.05, 0.1) is 11.4 Å². The lowest BCUT2D eigenvalue weighted by Crippen LogP contribution is -2.39. The zero-order chi connectivity index (χ0) is 15.1. The smallest absolute Gasteiger partial charge is 0.243 e. The number of aryl methyl sites for hydroxylation is 2. The fourth-order valence-corrected chi connectivity index (χ4v) is 2.86. The number of rotatable bonds is 7. The van der Waals surface area contributed by atoms with Crippen LogP contribution >= 0.6 is 0 Å². The first kappa shape index (κ1) is 16.1. The Kier molecular flexibility index (Phi) is 6.36. The molecule has 0 aliphatic carbocycles. The van der Waals surface area contributed by atoms with Crippen LogP contribution in [0.2, 0.25) is 0 Å². The molecule has 1 aromatic heterocycles. The third-order valence-electron chi connectivity index (χ3n) is 4.26. The average Bonchev–Trinajstić information content (AvgIpc) is 2.54. The molecular formula is C16H29N5. The van der Waals surface area contributed by atoms with Crippen LogP contribution in [0.5, 0.6) is 0 Å². The number of aromatic nitrogens is 3. The number of nitrogens with zero attached hydrogens (tertiary/aromatic N) is 4. The lowest BCUT2D eigenvalue weighted by atomic mass is 10.0. The summed E-state index contributed by atoms with van der Waals surface area (Å²) in [5.74, 6) is 0.705. The normalized spacial score (nSPS) is 17.1. The molecule has 118 valence electrons. The molecule has 0 amide bonds. The summed E-state index contributed by atoms with van der Waals surface area (Å²) in [5, 5.41) is 12.0. The first-order chi connectivity index (χ1) is 10.3. The van der Waals surface area contributed by atoms with Gasteiger partial charge in [-0.1, -0.05) is 27.2 Å². The SMILES string of the molecule is CCCCN1CCC(Nc2nnc(CC)c(CC)n2)CC1. The van der Waals surface area contributed by atoms with Crippen molar-refractivity contribution >= 4 is 5.95 Å². The molecule has 0 saturated carbocycles. The maximum Gasteiger partial charge on any atom is 0.243 e. The topological polar surface area (TPSA) is 53.9 Å². The molecule has 2 rings (SSSR count). The highest BCUT2D eigenvalue weighted by atomic mass is 15.3. The number of unbranched alkanes of at least 4 members (excludes halogenated alkanes) is 1. The largest absolute Gasteiger partial charge is 0.350 e. The molecule has 1 fully saturated rings. The molecule has 1 saturated heterocycles. The van der Waals surface area contributed by atoms with Gasteiger partial charge in [0, 0.05) is 19.1 Å². The molecule has 0 spiro atoms.